The number of anilines is 1. The van der Waals surface area contributed by atoms with E-state index in [4.69, 9.17) is 5.11 Å². The summed E-state index contributed by atoms with van der Waals surface area (Å²) in [7, 11) is -2.93. The van der Waals surface area contributed by atoms with Gasteiger partial charge in [0.25, 0.3) is 0 Å². The summed E-state index contributed by atoms with van der Waals surface area (Å²) in [5.41, 5.74) is -0.260. The second-order valence-electron chi connectivity index (χ2n) is 4.71. The monoisotopic (exact) mass is 318 g/mol. The van der Waals surface area contributed by atoms with E-state index in [1.807, 2.05) is 0 Å². The highest BCUT2D eigenvalue weighted by Crippen LogP contribution is 2.25. The molecule has 0 amide bonds. The molecule has 0 radical (unpaired) electrons. The van der Waals surface area contributed by atoms with E-state index in [0.717, 1.165) is 11.3 Å². The molecule has 7 nitrogen and oxygen atoms in total. The van der Waals surface area contributed by atoms with E-state index >= 15 is 0 Å². The molecule has 1 fully saturated rings. The van der Waals surface area contributed by atoms with Crippen LogP contribution in [0.25, 0.3) is 0 Å². The van der Waals surface area contributed by atoms with E-state index in [1.165, 1.54) is 6.92 Å². The van der Waals surface area contributed by atoms with Crippen LogP contribution in [-0.2, 0) is 9.84 Å². The topological polar surface area (TPSA) is 113 Å². The maximum absolute atomic E-state index is 11.3. The average molecular weight is 318 g/mol. The molecule has 0 aromatic carbocycles. The summed E-state index contributed by atoms with van der Waals surface area (Å²) in [5, 5.41) is 12.2. The molecular formula is C11H14N2O5S2. The predicted molar refractivity (Wildman–Crippen MR) is 74.3 cm³/mol. The summed E-state index contributed by atoms with van der Waals surface area (Å²) in [6.45, 7) is 1.69. The van der Waals surface area contributed by atoms with Crippen molar-refractivity contribution in [2.45, 2.75) is 13.3 Å². The first kappa shape index (κ1) is 14.9. The molecule has 1 saturated heterocycles. The Morgan fingerprint density at radius 2 is 2.20 bits per heavy atom. The Hall–Kier alpha value is -1.48. The Labute approximate surface area is 119 Å². The van der Waals surface area contributed by atoms with Crippen LogP contribution < -0.4 is 5.32 Å². The van der Waals surface area contributed by atoms with Crippen LogP contribution >= 0.6 is 11.3 Å². The molecule has 1 aromatic rings. The van der Waals surface area contributed by atoms with E-state index in [1.54, 1.807) is 0 Å². The lowest BCUT2D eigenvalue weighted by molar-refractivity contribution is 0.0687. The molecule has 1 aliphatic heterocycles. The highest BCUT2D eigenvalue weighted by molar-refractivity contribution is 7.91. The lowest BCUT2D eigenvalue weighted by Crippen LogP contribution is -2.15. The average Bonchev–Trinajstić information content (AvgIpc) is 2.90. The minimum absolute atomic E-state index is 0.00189. The fourth-order valence-electron chi connectivity index (χ4n) is 2.04. The zero-order valence-corrected chi connectivity index (χ0v) is 12.4. The van der Waals surface area contributed by atoms with Gasteiger partial charge in [0, 0.05) is 13.5 Å². The van der Waals surface area contributed by atoms with Gasteiger partial charge in [-0.1, -0.05) is 11.3 Å². The molecule has 1 aromatic heterocycles. The van der Waals surface area contributed by atoms with Crippen molar-refractivity contribution >= 4 is 38.1 Å². The van der Waals surface area contributed by atoms with Gasteiger partial charge in [-0.2, -0.15) is 0 Å². The first-order chi connectivity index (χ1) is 9.28. The Kier molecular flexibility index (Phi) is 4.09. The maximum Gasteiger partial charge on any atom is 0.356 e. The first-order valence-electron chi connectivity index (χ1n) is 5.98. The smallest absolute Gasteiger partial charge is 0.356 e. The fraction of sp³-hybridized carbons (Fsp3) is 0.545. The summed E-state index contributed by atoms with van der Waals surface area (Å²) >= 11 is 0.977. The number of carboxylic acids is 1. The number of aromatic nitrogens is 1. The van der Waals surface area contributed by atoms with Crippen LogP contribution in [0.4, 0.5) is 5.13 Å². The summed E-state index contributed by atoms with van der Waals surface area (Å²) < 4.78 is 22.7. The zero-order valence-electron chi connectivity index (χ0n) is 10.7. The number of nitrogens with one attached hydrogen (secondary N) is 1. The molecular weight excluding hydrogens is 304 g/mol. The Bertz CT molecular complexity index is 618. The van der Waals surface area contributed by atoms with Crippen molar-refractivity contribution in [1.82, 2.24) is 4.98 Å². The Morgan fingerprint density at radius 3 is 2.65 bits per heavy atom. The van der Waals surface area contributed by atoms with E-state index in [-0.39, 0.29) is 33.8 Å². The zero-order chi connectivity index (χ0) is 14.9. The van der Waals surface area contributed by atoms with E-state index in [0.29, 0.717) is 18.1 Å². The summed E-state index contributed by atoms with van der Waals surface area (Å²) in [6.07, 6.45) is 0.589. The van der Waals surface area contributed by atoms with E-state index < -0.39 is 15.8 Å². The number of sulfone groups is 1. The van der Waals surface area contributed by atoms with Crippen molar-refractivity contribution in [3.05, 3.63) is 10.6 Å². The van der Waals surface area contributed by atoms with Gasteiger partial charge in [0.2, 0.25) is 0 Å². The number of hydrogen-bond acceptors (Lipinski definition) is 7. The van der Waals surface area contributed by atoms with Crippen LogP contribution in [0.15, 0.2) is 0 Å². The van der Waals surface area contributed by atoms with Gasteiger partial charge in [-0.25, -0.2) is 18.2 Å². The van der Waals surface area contributed by atoms with Crippen molar-refractivity contribution in [3.63, 3.8) is 0 Å². The number of ketones is 1. The second kappa shape index (κ2) is 5.49. The number of carbonyl (C=O) groups is 2. The normalized spacial score (nSPS) is 20.8. The highest BCUT2D eigenvalue weighted by atomic mass is 32.2. The number of hydrogen-bond donors (Lipinski definition) is 2. The number of aromatic carboxylic acids is 1. The van der Waals surface area contributed by atoms with Crippen LogP contribution in [0.3, 0.4) is 0 Å². The van der Waals surface area contributed by atoms with Crippen molar-refractivity contribution in [2.75, 3.05) is 23.4 Å². The number of nitrogens with zero attached hydrogens (tertiary/aromatic N) is 1. The van der Waals surface area contributed by atoms with Gasteiger partial charge in [0.1, 0.15) is 4.88 Å². The molecule has 0 bridgehead atoms. The molecule has 2 heterocycles. The molecule has 110 valence electrons. The van der Waals surface area contributed by atoms with Crippen molar-refractivity contribution < 1.29 is 23.1 Å². The van der Waals surface area contributed by atoms with Gasteiger partial charge in [-0.15, -0.1) is 0 Å². The molecule has 2 N–H and O–H groups in total. The van der Waals surface area contributed by atoms with Crippen LogP contribution in [0, 0.1) is 5.92 Å². The van der Waals surface area contributed by atoms with E-state index in [2.05, 4.69) is 10.3 Å². The number of carboxylic acid groups (broad SMARTS) is 1. The molecule has 1 aliphatic rings. The lowest BCUT2D eigenvalue weighted by Gasteiger charge is -2.07. The molecule has 2 rings (SSSR count). The van der Waals surface area contributed by atoms with Gasteiger partial charge in [0.05, 0.1) is 11.5 Å². The molecule has 0 aliphatic carbocycles. The third kappa shape index (κ3) is 3.34. The van der Waals surface area contributed by atoms with Gasteiger partial charge in [0.15, 0.2) is 26.4 Å². The second-order valence-corrected chi connectivity index (χ2v) is 7.94. The van der Waals surface area contributed by atoms with Gasteiger partial charge in [-0.3, -0.25) is 4.79 Å². The number of thiazole rings is 1. The molecule has 9 heteroatoms. The van der Waals surface area contributed by atoms with Crippen molar-refractivity contribution in [3.8, 4) is 0 Å². The third-order valence-corrected chi connectivity index (χ3v) is 5.97. The Balaban J connectivity index is 2.05. The summed E-state index contributed by atoms with van der Waals surface area (Å²) in [4.78, 5) is 26.3. The predicted octanol–water partition coefficient (Wildman–Crippen LogP) is 0.890. The van der Waals surface area contributed by atoms with Gasteiger partial charge >= 0.3 is 5.97 Å². The van der Waals surface area contributed by atoms with E-state index in [9.17, 15) is 18.0 Å². The van der Waals surface area contributed by atoms with Crippen molar-refractivity contribution in [2.24, 2.45) is 5.92 Å². The number of Topliss-reactive ketones (excluding diaryl/α,β-unsaturated/α-hetero) is 1. The Morgan fingerprint density at radius 1 is 1.50 bits per heavy atom. The largest absolute Gasteiger partial charge is 0.476 e. The minimum Gasteiger partial charge on any atom is -0.476 e. The third-order valence-electron chi connectivity index (χ3n) is 3.02. The van der Waals surface area contributed by atoms with Crippen LogP contribution in [-0.4, -0.2) is 48.3 Å². The molecule has 1 unspecified atom stereocenters. The quantitative estimate of drug-likeness (QED) is 0.775. The highest BCUT2D eigenvalue weighted by Gasteiger charge is 2.28. The standard InChI is InChI=1S/C11H14N2O5S2/c1-6(14)9-8(10(15)16)13-11(19-9)12-4-7-2-3-20(17,18)5-7/h7H,2-5H2,1H3,(H,12,13)(H,15,16). The number of rotatable bonds is 5. The molecule has 1 atom stereocenters. The van der Waals surface area contributed by atoms with Crippen LogP contribution in [0.1, 0.15) is 33.5 Å². The SMILES string of the molecule is CC(=O)c1sc(NCC2CCS(=O)(=O)C2)nc1C(=O)O. The van der Waals surface area contributed by atoms with Gasteiger partial charge in [-0.05, 0) is 12.3 Å². The maximum atomic E-state index is 11.3. The molecule has 20 heavy (non-hydrogen) atoms. The summed E-state index contributed by atoms with van der Waals surface area (Å²) in [5.74, 6) is -1.27. The van der Waals surface area contributed by atoms with Gasteiger partial charge < -0.3 is 10.4 Å². The van der Waals surface area contributed by atoms with Crippen LogP contribution in [0.5, 0.6) is 0 Å². The molecule has 0 saturated carbocycles. The fourth-order valence-corrected chi connectivity index (χ4v) is 4.76. The van der Waals surface area contributed by atoms with Crippen LogP contribution in [0.2, 0.25) is 0 Å². The molecule has 0 spiro atoms. The number of carbonyl (C=O) groups excluding carboxylic acids is 1. The lowest BCUT2D eigenvalue weighted by atomic mass is 10.1. The summed E-state index contributed by atoms with van der Waals surface area (Å²) in [6, 6.07) is 0. The first-order valence-corrected chi connectivity index (χ1v) is 8.61. The minimum atomic E-state index is -2.93. The van der Waals surface area contributed by atoms with Crippen molar-refractivity contribution in [1.29, 1.82) is 0 Å².